The molecule has 0 aliphatic rings. The molecule has 1 heterocycles. The monoisotopic (exact) mass is 335 g/mol. The maximum atomic E-state index is 11.9. The number of hydrogen-bond donors (Lipinski definition) is 2. The molecular weight excluding hydrogens is 318 g/mol. The smallest absolute Gasteiger partial charge is 0.303 e. The highest BCUT2D eigenvalue weighted by Gasteiger charge is 2.13. The number of carboxylic acids is 1. The van der Waals surface area contributed by atoms with Gasteiger partial charge in [-0.1, -0.05) is 0 Å². The Morgan fingerprint density at radius 1 is 1.48 bits per heavy atom. The van der Waals surface area contributed by atoms with Crippen molar-refractivity contribution in [1.82, 2.24) is 9.88 Å². The van der Waals surface area contributed by atoms with Gasteiger partial charge in [0, 0.05) is 25.4 Å². The van der Waals surface area contributed by atoms with Crippen molar-refractivity contribution in [1.29, 1.82) is 0 Å². The van der Waals surface area contributed by atoms with Crippen molar-refractivity contribution in [2.45, 2.75) is 19.3 Å². The number of nitrogens with zero attached hydrogens (tertiary/aromatic N) is 2. The molecule has 21 heavy (non-hydrogen) atoms. The van der Waals surface area contributed by atoms with Gasteiger partial charge in [0.2, 0.25) is 15.9 Å². The first-order valence-corrected chi connectivity index (χ1v) is 8.82. The summed E-state index contributed by atoms with van der Waals surface area (Å²) in [4.78, 5) is 27.7. The number of hydrogen-bond acceptors (Lipinski definition) is 6. The topological polar surface area (TPSA) is 117 Å². The summed E-state index contributed by atoms with van der Waals surface area (Å²) in [6.45, 7) is 0.351. The third-order valence-electron chi connectivity index (χ3n) is 2.47. The van der Waals surface area contributed by atoms with Gasteiger partial charge in [-0.15, -0.1) is 11.3 Å². The van der Waals surface area contributed by atoms with Crippen molar-refractivity contribution in [3.63, 3.8) is 0 Å². The average molecular weight is 335 g/mol. The molecule has 0 unspecified atom stereocenters. The van der Waals surface area contributed by atoms with Gasteiger partial charge in [-0.3, -0.25) is 14.3 Å². The molecule has 0 saturated heterocycles. The first-order valence-electron chi connectivity index (χ1n) is 6.05. The number of sulfonamides is 1. The maximum Gasteiger partial charge on any atom is 0.303 e. The molecule has 0 saturated carbocycles. The van der Waals surface area contributed by atoms with E-state index in [0.29, 0.717) is 18.7 Å². The van der Waals surface area contributed by atoms with E-state index < -0.39 is 16.0 Å². The fourth-order valence-electron chi connectivity index (χ4n) is 1.48. The molecule has 0 aliphatic carbocycles. The quantitative estimate of drug-likeness (QED) is 0.709. The number of likely N-dealkylation sites (N-methyl/N-ethyl adjacent to an activating group) is 1. The molecule has 1 aromatic rings. The molecule has 1 amide bonds. The van der Waals surface area contributed by atoms with Crippen molar-refractivity contribution in [2.24, 2.45) is 0 Å². The normalized spacial score (nSPS) is 11.1. The largest absolute Gasteiger partial charge is 0.481 e. The van der Waals surface area contributed by atoms with Crippen molar-refractivity contribution in [2.75, 3.05) is 24.6 Å². The Morgan fingerprint density at radius 3 is 2.71 bits per heavy atom. The molecule has 8 nitrogen and oxygen atoms in total. The SMILES string of the molecule is CN(CCCC(=O)O)C(=O)Cc1csc(NS(C)(=O)=O)n1. The lowest BCUT2D eigenvalue weighted by Crippen LogP contribution is -2.29. The number of anilines is 1. The summed E-state index contributed by atoms with van der Waals surface area (Å²) in [5.74, 6) is -1.09. The molecule has 0 atom stereocenters. The van der Waals surface area contributed by atoms with Crippen LogP contribution >= 0.6 is 11.3 Å². The predicted octanol–water partition coefficient (Wildman–Crippen LogP) is 0.380. The van der Waals surface area contributed by atoms with Crippen LogP contribution < -0.4 is 4.72 Å². The minimum atomic E-state index is -3.38. The lowest BCUT2D eigenvalue weighted by molar-refractivity contribution is -0.138. The number of amides is 1. The van der Waals surface area contributed by atoms with E-state index in [9.17, 15) is 18.0 Å². The Hall–Kier alpha value is -1.68. The maximum absolute atomic E-state index is 11.9. The summed E-state index contributed by atoms with van der Waals surface area (Å²) in [5.41, 5.74) is 0.473. The van der Waals surface area contributed by atoms with Crippen molar-refractivity contribution >= 4 is 38.4 Å². The number of aliphatic carboxylic acids is 1. The summed E-state index contributed by atoms with van der Waals surface area (Å²) in [7, 11) is -1.79. The fourth-order valence-corrected chi connectivity index (χ4v) is 3.04. The molecule has 1 rings (SSSR count). The fraction of sp³-hybridized carbons (Fsp3) is 0.545. The average Bonchev–Trinajstić information content (AvgIpc) is 2.73. The van der Waals surface area contributed by atoms with Gasteiger partial charge in [0.05, 0.1) is 18.4 Å². The number of rotatable bonds is 8. The highest BCUT2D eigenvalue weighted by molar-refractivity contribution is 7.92. The number of nitrogens with one attached hydrogen (secondary N) is 1. The highest BCUT2D eigenvalue weighted by atomic mass is 32.2. The molecule has 0 spiro atoms. The van der Waals surface area contributed by atoms with E-state index in [1.165, 1.54) is 4.90 Å². The van der Waals surface area contributed by atoms with E-state index in [2.05, 4.69) is 9.71 Å². The number of carbonyl (C=O) groups excluding carboxylic acids is 1. The van der Waals surface area contributed by atoms with Crippen LogP contribution in [-0.4, -0.2) is 55.1 Å². The van der Waals surface area contributed by atoms with Gasteiger partial charge in [-0.05, 0) is 6.42 Å². The van der Waals surface area contributed by atoms with Crippen molar-refractivity contribution in [3.8, 4) is 0 Å². The zero-order valence-corrected chi connectivity index (χ0v) is 13.3. The highest BCUT2D eigenvalue weighted by Crippen LogP contribution is 2.17. The summed E-state index contributed by atoms with van der Waals surface area (Å²) in [5, 5.41) is 10.4. The van der Waals surface area contributed by atoms with E-state index in [1.807, 2.05) is 0 Å². The molecule has 0 aromatic carbocycles. The Balaban J connectivity index is 2.49. The van der Waals surface area contributed by atoms with Crippen LogP contribution in [-0.2, 0) is 26.0 Å². The zero-order valence-electron chi connectivity index (χ0n) is 11.7. The molecule has 0 bridgehead atoms. The second kappa shape index (κ2) is 7.36. The van der Waals surface area contributed by atoms with Gasteiger partial charge in [-0.25, -0.2) is 13.4 Å². The van der Waals surface area contributed by atoms with E-state index in [0.717, 1.165) is 17.6 Å². The zero-order chi connectivity index (χ0) is 16.0. The molecule has 2 N–H and O–H groups in total. The van der Waals surface area contributed by atoms with Gasteiger partial charge in [0.15, 0.2) is 5.13 Å². The predicted molar refractivity (Wildman–Crippen MR) is 78.8 cm³/mol. The lowest BCUT2D eigenvalue weighted by atomic mass is 10.2. The number of carbonyl (C=O) groups is 2. The van der Waals surface area contributed by atoms with E-state index >= 15 is 0 Å². The molecule has 118 valence electrons. The van der Waals surface area contributed by atoms with Crippen LogP contribution in [0, 0.1) is 0 Å². The molecule has 0 fully saturated rings. The van der Waals surface area contributed by atoms with Crippen LogP contribution in [0.25, 0.3) is 0 Å². The first-order chi connectivity index (χ1) is 9.67. The minimum absolute atomic E-state index is 0.0107. The van der Waals surface area contributed by atoms with Gasteiger partial charge < -0.3 is 10.0 Å². The summed E-state index contributed by atoms with van der Waals surface area (Å²) in [6, 6.07) is 0. The van der Waals surface area contributed by atoms with Crippen molar-refractivity contribution in [3.05, 3.63) is 11.1 Å². The van der Waals surface area contributed by atoms with Crippen LogP contribution in [0.4, 0.5) is 5.13 Å². The molecule has 1 aromatic heterocycles. The minimum Gasteiger partial charge on any atom is -0.481 e. The third-order valence-corrected chi connectivity index (χ3v) is 3.97. The van der Waals surface area contributed by atoms with Gasteiger partial charge in [-0.2, -0.15) is 0 Å². The summed E-state index contributed by atoms with van der Waals surface area (Å²) < 4.78 is 24.3. The first kappa shape index (κ1) is 17.4. The van der Waals surface area contributed by atoms with Crippen LogP contribution in [0.5, 0.6) is 0 Å². The Kier molecular flexibility index (Phi) is 6.09. The third kappa shape index (κ3) is 7.04. The van der Waals surface area contributed by atoms with E-state index in [4.69, 9.17) is 5.11 Å². The van der Waals surface area contributed by atoms with E-state index in [1.54, 1.807) is 12.4 Å². The standard InChI is InChI=1S/C11H17N3O5S2/c1-14(5-3-4-10(16)17)9(15)6-8-7-20-11(12-8)13-21(2,18)19/h7H,3-6H2,1-2H3,(H,12,13)(H,16,17). The Morgan fingerprint density at radius 2 is 2.14 bits per heavy atom. The second-order valence-corrected chi connectivity index (χ2v) is 7.11. The Labute approximate surface area is 126 Å². The number of aromatic nitrogens is 1. The van der Waals surface area contributed by atoms with Crippen LogP contribution in [0.3, 0.4) is 0 Å². The lowest BCUT2D eigenvalue weighted by Gasteiger charge is -2.15. The van der Waals surface area contributed by atoms with Crippen LogP contribution in [0.15, 0.2) is 5.38 Å². The molecular formula is C11H17N3O5S2. The van der Waals surface area contributed by atoms with Gasteiger partial charge >= 0.3 is 5.97 Å². The van der Waals surface area contributed by atoms with E-state index in [-0.39, 0.29) is 23.9 Å². The number of thiazole rings is 1. The number of carboxylic acid groups (broad SMARTS) is 1. The summed E-state index contributed by atoms with van der Waals surface area (Å²) >= 11 is 1.10. The van der Waals surface area contributed by atoms with Crippen LogP contribution in [0.2, 0.25) is 0 Å². The molecule has 0 radical (unpaired) electrons. The molecule has 10 heteroatoms. The van der Waals surface area contributed by atoms with Crippen molar-refractivity contribution < 1.29 is 23.1 Å². The van der Waals surface area contributed by atoms with Gasteiger partial charge in [0.1, 0.15) is 0 Å². The second-order valence-electron chi connectivity index (χ2n) is 4.51. The van der Waals surface area contributed by atoms with Gasteiger partial charge in [0.25, 0.3) is 0 Å². The van der Waals surface area contributed by atoms with Crippen LogP contribution in [0.1, 0.15) is 18.5 Å². The summed E-state index contributed by atoms with van der Waals surface area (Å²) in [6.07, 6.45) is 1.47. The Bertz CT molecular complexity index is 611. The molecule has 0 aliphatic heterocycles.